The second-order valence-electron chi connectivity index (χ2n) is 4.70. The molecule has 0 amide bonds. The molecule has 0 bridgehead atoms. The van der Waals surface area contributed by atoms with Gasteiger partial charge in [0.25, 0.3) is 10.0 Å². The molecule has 1 heterocycles. The summed E-state index contributed by atoms with van der Waals surface area (Å²) in [5, 5.41) is 13.6. The predicted octanol–water partition coefficient (Wildman–Crippen LogP) is 2.30. The number of benzene rings is 1. The first kappa shape index (κ1) is 16.2. The summed E-state index contributed by atoms with van der Waals surface area (Å²) in [5.74, 6) is -3.23. The third kappa shape index (κ3) is 2.76. The van der Waals surface area contributed by atoms with Gasteiger partial charge in [-0.25, -0.2) is 17.2 Å². The quantitative estimate of drug-likeness (QED) is 0.842. The van der Waals surface area contributed by atoms with Crippen LogP contribution in [-0.4, -0.2) is 23.3 Å². The van der Waals surface area contributed by atoms with Gasteiger partial charge >= 0.3 is 0 Å². The molecule has 0 aliphatic rings. The lowest BCUT2D eigenvalue weighted by atomic mass is 10.3. The monoisotopic (exact) mass is 331 g/mol. The Morgan fingerprint density at radius 2 is 1.95 bits per heavy atom. The van der Waals surface area contributed by atoms with E-state index in [1.165, 1.54) is 11.6 Å². The third-order valence-corrected chi connectivity index (χ3v) is 4.77. The molecule has 120 valence electrons. The SMILES string of the molecule is CCn1nc(C)c(S(=O)(=O)Nc2cc(F)cc(F)c2O)c1C. The van der Waals surface area contributed by atoms with Gasteiger partial charge in [0.2, 0.25) is 0 Å². The van der Waals surface area contributed by atoms with Gasteiger partial charge in [0, 0.05) is 18.7 Å². The van der Waals surface area contributed by atoms with E-state index >= 15 is 0 Å². The van der Waals surface area contributed by atoms with Gasteiger partial charge in [-0.3, -0.25) is 9.40 Å². The molecule has 0 spiro atoms. The second-order valence-corrected chi connectivity index (χ2v) is 6.32. The normalized spacial score (nSPS) is 11.7. The fraction of sp³-hybridized carbons (Fsp3) is 0.308. The smallest absolute Gasteiger partial charge is 0.265 e. The zero-order valence-electron chi connectivity index (χ0n) is 12.2. The highest BCUT2D eigenvalue weighted by atomic mass is 32.2. The fourth-order valence-corrected chi connectivity index (χ4v) is 3.69. The van der Waals surface area contributed by atoms with Crippen molar-refractivity contribution in [2.45, 2.75) is 32.2 Å². The van der Waals surface area contributed by atoms with Crippen LogP contribution in [-0.2, 0) is 16.6 Å². The van der Waals surface area contributed by atoms with Crippen LogP contribution in [0.15, 0.2) is 17.0 Å². The van der Waals surface area contributed by atoms with Crippen molar-refractivity contribution in [3.63, 3.8) is 0 Å². The van der Waals surface area contributed by atoms with Gasteiger partial charge in [-0.1, -0.05) is 0 Å². The highest BCUT2D eigenvalue weighted by Crippen LogP contribution is 2.31. The molecule has 0 atom stereocenters. The van der Waals surface area contributed by atoms with Crippen molar-refractivity contribution >= 4 is 15.7 Å². The van der Waals surface area contributed by atoms with Crippen molar-refractivity contribution < 1.29 is 22.3 Å². The molecule has 9 heteroatoms. The van der Waals surface area contributed by atoms with Crippen LogP contribution in [0.4, 0.5) is 14.5 Å². The van der Waals surface area contributed by atoms with Crippen molar-refractivity contribution in [3.05, 3.63) is 35.2 Å². The first-order chi connectivity index (χ1) is 10.2. The molecule has 2 N–H and O–H groups in total. The first-order valence-corrected chi connectivity index (χ1v) is 7.90. The van der Waals surface area contributed by atoms with Crippen LogP contribution >= 0.6 is 0 Å². The number of hydrogen-bond acceptors (Lipinski definition) is 4. The maximum absolute atomic E-state index is 13.3. The van der Waals surface area contributed by atoms with Gasteiger partial charge in [0.05, 0.1) is 17.1 Å². The maximum Gasteiger partial charge on any atom is 0.265 e. The van der Waals surface area contributed by atoms with E-state index in [4.69, 9.17) is 0 Å². The van der Waals surface area contributed by atoms with E-state index in [2.05, 4.69) is 5.10 Å². The Morgan fingerprint density at radius 1 is 1.32 bits per heavy atom. The van der Waals surface area contributed by atoms with Gasteiger partial charge in [-0.2, -0.15) is 5.10 Å². The first-order valence-electron chi connectivity index (χ1n) is 6.42. The standard InChI is InChI=1S/C13H15F2N3O3S/c1-4-18-8(3)13(7(2)16-18)22(20,21)17-11-6-9(14)5-10(15)12(11)19/h5-6,17,19H,4H2,1-3H3. The van der Waals surface area contributed by atoms with Crippen LogP contribution in [0.1, 0.15) is 18.3 Å². The Hall–Kier alpha value is -2.16. The van der Waals surface area contributed by atoms with Crippen molar-refractivity contribution in [1.82, 2.24) is 9.78 Å². The van der Waals surface area contributed by atoms with Crippen molar-refractivity contribution in [3.8, 4) is 5.75 Å². The summed E-state index contributed by atoms with van der Waals surface area (Å²) in [6, 6.07) is 1.16. The molecular weight excluding hydrogens is 316 g/mol. The van der Waals surface area contributed by atoms with Gasteiger partial charge in [-0.05, 0) is 20.8 Å². The Labute approximate surface area is 126 Å². The number of aryl methyl sites for hydroxylation is 2. The van der Waals surface area contributed by atoms with Gasteiger partial charge in [-0.15, -0.1) is 0 Å². The number of aromatic hydroxyl groups is 1. The Bertz CT molecular complexity index is 832. The summed E-state index contributed by atoms with van der Waals surface area (Å²) in [7, 11) is -4.15. The summed E-state index contributed by atoms with van der Waals surface area (Å²) in [6.45, 7) is 5.36. The lowest BCUT2D eigenvalue weighted by Gasteiger charge is -2.10. The average molecular weight is 331 g/mol. The van der Waals surface area contributed by atoms with E-state index in [0.717, 1.165) is 0 Å². The van der Waals surface area contributed by atoms with E-state index in [0.29, 0.717) is 24.4 Å². The summed E-state index contributed by atoms with van der Waals surface area (Å²) in [5.41, 5.74) is 0.0765. The average Bonchev–Trinajstić information content (AvgIpc) is 2.70. The van der Waals surface area contributed by atoms with E-state index in [1.54, 1.807) is 13.8 Å². The minimum atomic E-state index is -4.15. The van der Waals surface area contributed by atoms with Crippen molar-refractivity contribution in [1.29, 1.82) is 0 Å². The van der Waals surface area contributed by atoms with Crippen molar-refractivity contribution in [2.24, 2.45) is 0 Å². The molecule has 22 heavy (non-hydrogen) atoms. The number of aromatic nitrogens is 2. The Morgan fingerprint density at radius 3 is 2.50 bits per heavy atom. The number of phenols is 1. The Balaban J connectivity index is 2.52. The lowest BCUT2D eigenvalue weighted by Crippen LogP contribution is -2.15. The predicted molar refractivity (Wildman–Crippen MR) is 76.2 cm³/mol. The van der Waals surface area contributed by atoms with Crippen LogP contribution in [0.2, 0.25) is 0 Å². The number of sulfonamides is 1. The highest BCUT2D eigenvalue weighted by molar-refractivity contribution is 7.92. The van der Waals surface area contributed by atoms with Gasteiger partial charge in [0.15, 0.2) is 11.6 Å². The van der Waals surface area contributed by atoms with Gasteiger partial charge in [0.1, 0.15) is 10.7 Å². The summed E-state index contributed by atoms with van der Waals surface area (Å²) in [4.78, 5) is -0.0848. The van der Waals surface area contributed by atoms with Crippen LogP contribution < -0.4 is 4.72 Å². The van der Waals surface area contributed by atoms with Crippen LogP contribution in [0.3, 0.4) is 0 Å². The van der Waals surface area contributed by atoms with Gasteiger partial charge < -0.3 is 5.11 Å². The summed E-state index contributed by atoms with van der Waals surface area (Å²) < 4.78 is 54.8. The topological polar surface area (TPSA) is 84.2 Å². The number of nitrogens with one attached hydrogen (secondary N) is 1. The molecule has 0 radical (unpaired) electrons. The maximum atomic E-state index is 13.3. The number of anilines is 1. The number of halogens is 2. The number of nitrogens with zero attached hydrogens (tertiary/aromatic N) is 2. The molecule has 1 aromatic carbocycles. The van der Waals surface area contributed by atoms with E-state index < -0.39 is 33.1 Å². The van der Waals surface area contributed by atoms with Crippen LogP contribution in [0, 0.1) is 25.5 Å². The fourth-order valence-electron chi connectivity index (χ4n) is 2.22. The van der Waals surface area contributed by atoms with E-state index in [9.17, 15) is 22.3 Å². The number of hydrogen-bond donors (Lipinski definition) is 2. The molecule has 2 rings (SSSR count). The molecular formula is C13H15F2N3O3S. The zero-order chi connectivity index (χ0) is 16.7. The number of rotatable bonds is 4. The largest absolute Gasteiger partial charge is 0.503 e. The Kier molecular flexibility index (Phi) is 4.10. The summed E-state index contributed by atoms with van der Waals surface area (Å²) in [6.07, 6.45) is 0. The third-order valence-electron chi connectivity index (χ3n) is 3.16. The molecule has 0 aliphatic heterocycles. The molecule has 1 aromatic heterocycles. The molecule has 0 fully saturated rings. The van der Waals surface area contributed by atoms with Crippen LogP contribution in [0.25, 0.3) is 0 Å². The molecule has 2 aromatic rings. The molecule has 6 nitrogen and oxygen atoms in total. The van der Waals surface area contributed by atoms with E-state index in [1.807, 2.05) is 4.72 Å². The molecule has 0 saturated carbocycles. The minimum Gasteiger partial charge on any atom is -0.503 e. The van der Waals surface area contributed by atoms with Crippen molar-refractivity contribution in [2.75, 3.05) is 4.72 Å². The highest BCUT2D eigenvalue weighted by Gasteiger charge is 2.26. The molecule has 0 saturated heterocycles. The second kappa shape index (κ2) is 5.56. The number of phenolic OH excluding ortho intramolecular Hbond substituents is 1. The molecule has 0 aliphatic carbocycles. The van der Waals surface area contributed by atoms with Crippen LogP contribution in [0.5, 0.6) is 5.75 Å². The molecule has 0 unspecified atom stereocenters. The summed E-state index contributed by atoms with van der Waals surface area (Å²) >= 11 is 0. The minimum absolute atomic E-state index is 0.0848. The zero-order valence-corrected chi connectivity index (χ0v) is 13.0. The van der Waals surface area contributed by atoms with E-state index in [-0.39, 0.29) is 10.6 Å². The lowest BCUT2D eigenvalue weighted by molar-refractivity contribution is 0.430.